The summed E-state index contributed by atoms with van der Waals surface area (Å²) in [5.74, 6) is -0.721. The molecule has 0 aliphatic heterocycles. The van der Waals surface area contributed by atoms with Crippen molar-refractivity contribution in [1.29, 1.82) is 0 Å². The third kappa shape index (κ3) is 3.99. The summed E-state index contributed by atoms with van der Waals surface area (Å²) in [5, 5.41) is 0.691. The van der Waals surface area contributed by atoms with Crippen molar-refractivity contribution in [2.45, 2.75) is 0 Å². The van der Waals surface area contributed by atoms with Crippen LogP contribution in [0.25, 0.3) is 10.9 Å². The number of phosphoric ester groups is 1. The summed E-state index contributed by atoms with van der Waals surface area (Å²) in [6.45, 7) is -0.728. The van der Waals surface area contributed by atoms with E-state index in [4.69, 9.17) is 14.5 Å². The molecule has 1 aromatic carbocycles. The number of nitrogens with zero attached hydrogens (tertiary/aromatic N) is 1. The molecule has 0 unspecified atom stereocenters. The molecule has 1 heterocycles. The van der Waals surface area contributed by atoms with Crippen LogP contribution in [-0.4, -0.2) is 34.6 Å². The Kier molecular flexibility index (Phi) is 4.54. The number of carbonyl (C=O) groups is 1. The molecule has 0 aliphatic rings. The highest BCUT2D eigenvalue weighted by Gasteiger charge is 2.19. The van der Waals surface area contributed by atoms with Crippen molar-refractivity contribution in [3.05, 3.63) is 36.0 Å². The molecular weight excluding hydrogens is 301 g/mol. The molecule has 0 radical (unpaired) electrons. The minimum atomic E-state index is -4.66. The van der Waals surface area contributed by atoms with Crippen molar-refractivity contribution in [2.75, 3.05) is 13.9 Å². The number of phosphoric acid groups is 1. The van der Waals surface area contributed by atoms with E-state index in [1.165, 1.54) is 13.2 Å². The van der Waals surface area contributed by atoms with Crippen molar-refractivity contribution in [3.63, 3.8) is 0 Å². The molecule has 112 valence electrons. The third-order valence-corrected chi connectivity index (χ3v) is 2.94. The SMILES string of the molecule is COC(=O)c1nc2ccccc2cc1OCOP(=O)(O)O. The van der Waals surface area contributed by atoms with Gasteiger partial charge in [-0.1, -0.05) is 18.2 Å². The topological polar surface area (TPSA) is 115 Å². The molecule has 2 N–H and O–H groups in total. The zero-order valence-electron chi connectivity index (χ0n) is 10.9. The Bertz CT molecular complexity index is 712. The van der Waals surface area contributed by atoms with Gasteiger partial charge in [0.2, 0.25) is 0 Å². The highest BCUT2D eigenvalue weighted by Crippen LogP contribution is 2.35. The Morgan fingerprint density at radius 1 is 1.33 bits per heavy atom. The van der Waals surface area contributed by atoms with Crippen molar-refractivity contribution >= 4 is 24.7 Å². The molecule has 0 amide bonds. The number of rotatable bonds is 5. The summed E-state index contributed by atoms with van der Waals surface area (Å²) in [6.07, 6.45) is 0. The maximum Gasteiger partial charge on any atom is 0.472 e. The van der Waals surface area contributed by atoms with Gasteiger partial charge in [-0.2, -0.15) is 0 Å². The largest absolute Gasteiger partial charge is 0.472 e. The third-order valence-electron chi connectivity index (χ3n) is 2.50. The van der Waals surface area contributed by atoms with Crippen LogP contribution in [-0.2, 0) is 13.8 Å². The van der Waals surface area contributed by atoms with Crippen LogP contribution < -0.4 is 4.74 Å². The summed E-state index contributed by atoms with van der Waals surface area (Å²) in [5.41, 5.74) is 0.451. The van der Waals surface area contributed by atoms with Gasteiger partial charge in [-0.25, -0.2) is 18.9 Å². The monoisotopic (exact) mass is 313 g/mol. The molecular formula is C12H12NO7P. The predicted octanol–water partition coefficient (Wildman–Crippen LogP) is 1.47. The second kappa shape index (κ2) is 6.19. The molecule has 1 aromatic heterocycles. The first-order valence-corrected chi connectivity index (χ1v) is 7.25. The summed E-state index contributed by atoms with van der Waals surface area (Å²) in [7, 11) is -3.47. The molecule has 8 nitrogen and oxygen atoms in total. The van der Waals surface area contributed by atoms with Gasteiger partial charge in [-0.05, 0) is 12.1 Å². The number of methoxy groups -OCH3 is 1. The highest BCUT2D eigenvalue weighted by atomic mass is 31.2. The lowest BCUT2D eigenvalue weighted by Gasteiger charge is -2.11. The smallest absolute Gasteiger partial charge is 0.464 e. The molecule has 0 bridgehead atoms. The van der Waals surface area contributed by atoms with E-state index < -0.39 is 20.6 Å². The Labute approximate surface area is 119 Å². The number of esters is 1. The normalized spacial score (nSPS) is 11.4. The number of pyridine rings is 1. The maximum atomic E-state index is 11.7. The maximum absolute atomic E-state index is 11.7. The zero-order chi connectivity index (χ0) is 15.5. The van der Waals surface area contributed by atoms with Gasteiger partial charge in [0, 0.05) is 5.39 Å². The van der Waals surface area contributed by atoms with Crippen molar-refractivity contribution in [1.82, 2.24) is 4.98 Å². The average molecular weight is 313 g/mol. The van der Waals surface area contributed by atoms with Crippen LogP contribution in [0.1, 0.15) is 10.5 Å². The van der Waals surface area contributed by atoms with Gasteiger partial charge in [0.1, 0.15) is 0 Å². The van der Waals surface area contributed by atoms with E-state index in [1.54, 1.807) is 24.3 Å². The Morgan fingerprint density at radius 2 is 2.05 bits per heavy atom. The summed E-state index contributed by atoms with van der Waals surface area (Å²) in [6, 6.07) is 8.50. The summed E-state index contributed by atoms with van der Waals surface area (Å²) >= 11 is 0. The van der Waals surface area contributed by atoms with Gasteiger partial charge in [0.15, 0.2) is 18.2 Å². The number of aromatic nitrogens is 1. The predicted molar refractivity (Wildman–Crippen MR) is 71.7 cm³/mol. The average Bonchev–Trinajstić information content (AvgIpc) is 2.44. The molecule has 21 heavy (non-hydrogen) atoms. The Hall–Kier alpha value is -1.99. The van der Waals surface area contributed by atoms with Gasteiger partial charge in [0.05, 0.1) is 12.6 Å². The van der Waals surface area contributed by atoms with Crippen LogP contribution in [0.2, 0.25) is 0 Å². The van der Waals surface area contributed by atoms with Gasteiger partial charge in [0.25, 0.3) is 0 Å². The number of hydrogen-bond acceptors (Lipinski definition) is 6. The van der Waals surface area contributed by atoms with E-state index in [-0.39, 0.29) is 11.4 Å². The lowest BCUT2D eigenvalue weighted by Crippen LogP contribution is -2.10. The van der Waals surface area contributed by atoms with Crippen LogP contribution in [0.15, 0.2) is 30.3 Å². The fraction of sp³-hybridized carbons (Fsp3) is 0.167. The van der Waals surface area contributed by atoms with E-state index in [9.17, 15) is 9.36 Å². The zero-order valence-corrected chi connectivity index (χ0v) is 11.8. The van der Waals surface area contributed by atoms with Crippen LogP contribution in [0.5, 0.6) is 5.75 Å². The Balaban J connectivity index is 2.34. The van der Waals surface area contributed by atoms with Crippen molar-refractivity contribution in [2.24, 2.45) is 0 Å². The van der Waals surface area contributed by atoms with E-state index in [1.807, 2.05) is 0 Å². The fourth-order valence-electron chi connectivity index (χ4n) is 1.61. The van der Waals surface area contributed by atoms with Gasteiger partial charge >= 0.3 is 13.8 Å². The second-order valence-corrected chi connectivity index (χ2v) is 5.14. The summed E-state index contributed by atoms with van der Waals surface area (Å²) < 4.78 is 24.4. The molecule has 2 rings (SSSR count). The van der Waals surface area contributed by atoms with E-state index in [2.05, 4.69) is 14.2 Å². The molecule has 0 aliphatic carbocycles. The summed E-state index contributed by atoms with van der Waals surface area (Å²) in [4.78, 5) is 33.0. The van der Waals surface area contributed by atoms with E-state index in [0.717, 1.165) is 0 Å². The first-order chi connectivity index (χ1) is 9.90. The highest BCUT2D eigenvalue weighted by molar-refractivity contribution is 7.46. The van der Waals surface area contributed by atoms with Gasteiger partial charge in [-0.15, -0.1) is 0 Å². The fourth-order valence-corrected chi connectivity index (χ4v) is 1.80. The molecule has 9 heteroatoms. The quantitative estimate of drug-likeness (QED) is 0.484. The number of ether oxygens (including phenoxy) is 2. The lowest BCUT2D eigenvalue weighted by molar-refractivity contribution is 0.0571. The molecule has 0 spiro atoms. The molecule has 0 atom stereocenters. The number of para-hydroxylation sites is 1. The first-order valence-electron chi connectivity index (χ1n) is 5.72. The van der Waals surface area contributed by atoms with Crippen LogP contribution >= 0.6 is 7.82 Å². The Morgan fingerprint density at radius 3 is 2.71 bits per heavy atom. The van der Waals surface area contributed by atoms with Crippen LogP contribution in [0.4, 0.5) is 0 Å². The number of carbonyl (C=O) groups excluding carboxylic acids is 1. The van der Waals surface area contributed by atoms with Crippen LogP contribution in [0, 0.1) is 0 Å². The van der Waals surface area contributed by atoms with E-state index in [0.29, 0.717) is 10.9 Å². The van der Waals surface area contributed by atoms with Crippen molar-refractivity contribution in [3.8, 4) is 5.75 Å². The minimum Gasteiger partial charge on any atom is -0.464 e. The molecule has 2 aromatic rings. The minimum absolute atomic E-state index is 0.00833. The van der Waals surface area contributed by atoms with Gasteiger partial charge in [-0.3, -0.25) is 0 Å². The molecule has 0 saturated carbocycles. The second-order valence-electron chi connectivity index (χ2n) is 3.90. The van der Waals surface area contributed by atoms with Gasteiger partial charge < -0.3 is 19.3 Å². The number of benzene rings is 1. The molecule has 0 fully saturated rings. The standard InChI is InChI=1S/C12H12NO7P/c1-18-12(14)11-10(19-7-20-21(15,16)17)6-8-4-2-3-5-9(8)13-11/h2-6H,7H2,1H3,(H2,15,16,17). The number of hydrogen-bond donors (Lipinski definition) is 2. The lowest BCUT2D eigenvalue weighted by atomic mass is 10.2. The van der Waals surface area contributed by atoms with Crippen molar-refractivity contribution < 1.29 is 33.1 Å². The van der Waals surface area contributed by atoms with Crippen LogP contribution in [0.3, 0.4) is 0 Å². The number of fused-ring (bicyclic) bond motifs is 1. The van der Waals surface area contributed by atoms with E-state index >= 15 is 0 Å². The first kappa shape index (κ1) is 15.4. The molecule has 0 saturated heterocycles.